The maximum atomic E-state index is 12.7. The van der Waals surface area contributed by atoms with Crippen LogP contribution in [0, 0.1) is 11.8 Å². The molecule has 0 spiro atoms. The van der Waals surface area contributed by atoms with Gasteiger partial charge in [0, 0.05) is 18.0 Å². The van der Waals surface area contributed by atoms with Gasteiger partial charge in [-0.15, -0.1) is 0 Å². The van der Waals surface area contributed by atoms with E-state index in [4.69, 9.17) is 0 Å². The first-order valence-corrected chi connectivity index (χ1v) is 8.15. The smallest absolute Gasteiger partial charge is 0.223 e. The number of amides is 1. The minimum absolute atomic E-state index is 0.0431. The Kier molecular flexibility index (Phi) is 5.80. The number of rotatable bonds is 5. The zero-order valence-electron chi connectivity index (χ0n) is 13.4. The normalized spacial score (nSPS) is 23.8. The molecule has 1 fully saturated rings. The Morgan fingerprint density at radius 3 is 2.67 bits per heavy atom. The largest absolute Gasteiger partial charge is 0.352 e. The maximum Gasteiger partial charge on any atom is 0.223 e. The van der Waals surface area contributed by atoms with Crippen LogP contribution in [0.3, 0.4) is 0 Å². The van der Waals surface area contributed by atoms with Crippen molar-refractivity contribution in [3.63, 3.8) is 0 Å². The average Bonchev–Trinajstić information content (AvgIpc) is 2.48. The van der Waals surface area contributed by atoms with E-state index in [2.05, 4.69) is 43.5 Å². The van der Waals surface area contributed by atoms with Crippen LogP contribution in [0.2, 0.25) is 0 Å². The summed E-state index contributed by atoms with van der Waals surface area (Å²) in [5.41, 5.74) is 1.24. The van der Waals surface area contributed by atoms with Crippen LogP contribution in [-0.4, -0.2) is 24.5 Å². The van der Waals surface area contributed by atoms with E-state index in [0.717, 1.165) is 25.8 Å². The second kappa shape index (κ2) is 7.60. The van der Waals surface area contributed by atoms with Crippen molar-refractivity contribution in [1.29, 1.82) is 0 Å². The molecule has 1 heterocycles. The molecule has 0 bridgehead atoms. The SMILES string of the molecule is CC(C)C(Cc1ccccc1)C(=O)NC1CCCNC1C. The third-order valence-electron chi connectivity index (χ3n) is 4.53. The van der Waals surface area contributed by atoms with Crippen LogP contribution >= 0.6 is 0 Å². The highest BCUT2D eigenvalue weighted by molar-refractivity contribution is 5.79. The minimum Gasteiger partial charge on any atom is -0.352 e. The lowest BCUT2D eigenvalue weighted by molar-refractivity contribution is -0.127. The standard InChI is InChI=1S/C18H28N2O/c1-13(2)16(12-15-8-5-4-6-9-15)18(21)20-17-10-7-11-19-14(17)3/h4-6,8-9,13-14,16-17,19H,7,10-12H2,1-3H3,(H,20,21). The molecule has 21 heavy (non-hydrogen) atoms. The number of hydrogen-bond donors (Lipinski definition) is 2. The van der Waals surface area contributed by atoms with Crippen molar-refractivity contribution in [2.45, 2.75) is 52.1 Å². The molecule has 0 radical (unpaired) electrons. The predicted molar refractivity (Wildman–Crippen MR) is 87.1 cm³/mol. The summed E-state index contributed by atoms with van der Waals surface area (Å²) in [6, 6.07) is 10.9. The Balaban J connectivity index is 1.98. The van der Waals surface area contributed by atoms with Crippen LogP contribution in [0.4, 0.5) is 0 Å². The Morgan fingerprint density at radius 2 is 2.05 bits per heavy atom. The van der Waals surface area contributed by atoms with Gasteiger partial charge in [0.15, 0.2) is 0 Å². The topological polar surface area (TPSA) is 41.1 Å². The first-order chi connectivity index (χ1) is 10.1. The van der Waals surface area contributed by atoms with Crippen molar-refractivity contribution < 1.29 is 4.79 Å². The van der Waals surface area contributed by atoms with Crippen LogP contribution in [0.25, 0.3) is 0 Å². The number of carbonyl (C=O) groups is 1. The van der Waals surface area contributed by atoms with Crippen molar-refractivity contribution in [3.8, 4) is 0 Å². The predicted octanol–water partition coefficient (Wildman–Crippen LogP) is 2.76. The van der Waals surface area contributed by atoms with Gasteiger partial charge in [-0.3, -0.25) is 4.79 Å². The van der Waals surface area contributed by atoms with Gasteiger partial charge in [-0.25, -0.2) is 0 Å². The summed E-state index contributed by atoms with van der Waals surface area (Å²) in [6.45, 7) is 7.49. The number of hydrogen-bond acceptors (Lipinski definition) is 2. The molecule has 1 aromatic carbocycles. The van der Waals surface area contributed by atoms with Gasteiger partial charge in [0.1, 0.15) is 0 Å². The first kappa shape index (κ1) is 16.0. The highest BCUT2D eigenvalue weighted by Crippen LogP contribution is 2.19. The first-order valence-electron chi connectivity index (χ1n) is 8.15. The summed E-state index contributed by atoms with van der Waals surface area (Å²) in [5.74, 6) is 0.591. The molecule has 1 amide bonds. The minimum atomic E-state index is 0.0431. The zero-order valence-corrected chi connectivity index (χ0v) is 13.4. The van der Waals surface area contributed by atoms with Crippen molar-refractivity contribution in [2.75, 3.05) is 6.54 Å². The average molecular weight is 288 g/mol. The molecule has 0 aromatic heterocycles. The molecule has 3 unspecified atom stereocenters. The summed E-state index contributed by atoms with van der Waals surface area (Å²) in [7, 11) is 0. The number of nitrogens with one attached hydrogen (secondary N) is 2. The Morgan fingerprint density at radius 1 is 1.33 bits per heavy atom. The number of benzene rings is 1. The summed E-state index contributed by atoms with van der Waals surface area (Å²) in [4.78, 5) is 12.7. The molecular formula is C18H28N2O. The van der Waals surface area contributed by atoms with Crippen molar-refractivity contribution in [2.24, 2.45) is 11.8 Å². The Hall–Kier alpha value is -1.35. The van der Waals surface area contributed by atoms with Crippen LogP contribution in [0.1, 0.15) is 39.2 Å². The van der Waals surface area contributed by atoms with E-state index in [1.807, 2.05) is 18.2 Å². The molecule has 1 aliphatic rings. The molecule has 0 saturated carbocycles. The van der Waals surface area contributed by atoms with E-state index in [1.165, 1.54) is 5.56 Å². The van der Waals surface area contributed by atoms with Crippen molar-refractivity contribution in [1.82, 2.24) is 10.6 Å². The van der Waals surface area contributed by atoms with Crippen LogP contribution in [-0.2, 0) is 11.2 Å². The number of piperidine rings is 1. The van der Waals surface area contributed by atoms with Gasteiger partial charge in [-0.2, -0.15) is 0 Å². The summed E-state index contributed by atoms with van der Waals surface area (Å²) < 4.78 is 0. The molecule has 3 heteroatoms. The van der Waals surface area contributed by atoms with Crippen LogP contribution < -0.4 is 10.6 Å². The lowest BCUT2D eigenvalue weighted by atomic mass is 9.87. The highest BCUT2D eigenvalue weighted by Gasteiger charge is 2.28. The summed E-state index contributed by atoms with van der Waals surface area (Å²) in [6.07, 6.45) is 3.04. The van der Waals surface area contributed by atoms with E-state index < -0.39 is 0 Å². The van der Waals surface area contributed by atoms with Crippen LogP contribution in [0.15, 0.2) is 30.3 Å². The fourth-order valence-electron chi connectivity index (χ4n) is 3.03. The molecule has 1 aliphatic heterocycles. The molecule has 3 nitrogen and oxygen atoms in total. The van der Waals surface area contributed by atoms with E-state index in [-0.39, 0.29) is 17.9 Å². The second-order valence-electron chi connectivity index (χ2n) is 6.54. The molecule has 2 rings (SSSR count). The van der Waals surface area contributed by atoms with Gasteiger partial charge in [0.05, 0.1) is 0 Å². The monoisotopic (exact) mass is 288 g/mol. The lowest BCUT2D eigenvalue weighted by Crippen LogP contribution is -2.53. The quantitative estimate of drug-likeness (QED) is 0.875. The molecule has 2 N–H and O–H groups in total. The van der Waals surface area contributed by atoms with Gasteiger partial charge in [-0.05, 0) is 44.2 Å². The molecule has 3 atom stereocenters. The molecule has 0 aliphatic carbocycles. The second-order valence-corrected chi connectivity index (χ2v) is 6.54. The maximum absolute atomic E-state index is 12.7. The van der Waals surface area contributed by atoms with E-state index in [0.29, 0.717) is 12.0 Å². The fourth-order valence-corrected chi connectivity index (χ4v) is 3.03. The van der Waals surface area contributed by atoms with Gasteiger partial charge < -0.3 is 10.6 Å². The van der Waals surface area contributed by atoms with Crippen molar-refractivity contribution >= 4 is 5.91 Å². The fraction of sp³-hybridized carbons (Fsp3) is 0.611. The van der Waals surface area contributed by atoms with Crippen LogP contribution in [0.5, 0.6) is 0 Å². The molecule has 1 aromatic rings. The third kappa shape index (κ3) is 4.57. The zero-order chi connectivity index (χ0) is 15.2. The third-order valence-corrected chi connectivity index (χ3v) is 4.53. The van der Waals surface area contributed by atoms with E-state index in [1.54, 1.807) is 0 Å². The highest BCUT2D eigenvalue weighted by atomic mass is 16.2. The summed E-state index contributed by atoms with van der Waals surface area (Å²) in [5, 5.41) is 6.71. The van der Waals surface area contributed by atoms with Gasteiger partial charge >= 0.3 is 0 Å². The van der Waals surface area contributed by atoms with E-state index in [9.17, 15) is 4.79 Å². The Bertz CT molecular complexity index is 444. The lowest BCUT2D eigenvalue weighted by Gasteiger charge is -2.32. The van der Waals surface area contributed by atoms with Gasteiger partial charge in [0.2, 0.25) is 5.91 Å². The molecule has 1 saturated heterocycles. The van der Waals surface area contributed by atoms with Crippen molar-refractivity contribution in [3.05, 3.63) is 35.9 Å². The van der Waals surface area contributed by atoms with Gasteiger partial charge in [0.25, 0.3) is 0 Å². The van der Waals surface area contributed by atoms with Gasteiger partial charge in [-0.1, -0.05) is 44.2 Å². The van der Waals surface area contributed by atoms with E-state index >= 15 is 0 Å². The summed E-state index contributed by atoms with van der Waals surface area (Å²) >= 11 is 0. The number of carbonyl (C=O) groups excluding carboxylic acids is 1. The molecular weight excluding hydrogens is 260 g/mol. The molecule has 116 valence electrons. The Labute approximate surface area is 128 Å².